The van der Waals surface area contributed by atoms with Gasteiger partial charge >= 0.3 is 0 Å². The summed E-state index contributed by atoms with van der Waals surface area (Å²) in [4.78, 5) is 0. The molecule has 0 saturated heterocycles. The van der Waals surface area contributed by atoms with E-state index in [1.54, 1.807) is 0 Å². The first-order valence-corrected chi connectivity index (χ1v) is 12.3. The monoisotopic (exact) mass is 396 g/mol. The zero-order valence-corrected chi connectivity index (χ0v) is 18.4. The van der Waals surface area contributed by atoms with E-state index in [1.807, 2.05) is 0 Å². The van der Waals surface area contributed by atoms with Crippen LogP contribution < -0.4 is 0 Å². The molecule has 0 spiro atoms. The molecule has 0 aliphatic heterocycles. The molecule has 4 fully saturated rings. The molecule has 0 radical (unpaired) electrons. The lowest BCUT2D eigenvalue weighted by atomic mass is 9.44. The van der Waals surface area contributed by atoms with Crippen molar-refractivity contribution in [1.29, 1.82) is 0 Å². The largest absolute Gasteiger partial charge is 0.393 e. The van der Waals surface area contributed by atoms with E-state index in [0.29, 0.717) is 11.3 Å². The Morgan fingerprint density at radius 3 is 2.45 bits per heavy atom. The van der Waals surface area contributed by atoms with E-state index in [1.165, 1.54) is 44.1 Å². The van der Waals surface area contributed by atoms with Crippen LogP contribution >= 0.6 is 0 Å². The quantitative estimate of drug-likeness (QED) is 0.682. The second kappa shape index (κ2) is 7.09. The minimum Gasteiger partial charge on any atom is -0.393 e. The lowest BCUT2D eigenvalue weighted by molar-refractivity contribution is -0.160. The van der Waals surface area contributed by atoms with Gasteiger partial charge in [-0.25, -0.2) is 0 Å². The molecular weight excluding hydrogens is 356 g/mol. The zero-order chi connectivity index (χ0) is 20.3. The van der Waals surface area contributed by atoms with Crippen molar-refractivity contribution in [2.45, 2.75) is 96.2 Å². The number of hydrogen-bond donors (Lipinski definition) is 2. The highest BCUT2D eigenvalue weighted by atomic mass is 16.3. The minimum absolute atomic E-state index is 0.0620. The van der Waals surface area contributed by atoms with Gasteiger partial charge in [0.05, 0.1) is 11.7 Å². The Hall–Kier alpha value is -0.860. The number of rotatable bonds is 3. The van der Waals surface area contributed by atoms with Crippen LogP contribution in [0.2, 0.25) is 0 Å². The Labute approximate surface area is 177 Å². The fourth-order valence-corrected chi connectivity index (χ4v) is 8.75. The van der Waals surface area contributed by atoms with E-state index >= 15 is 0 Å². The summed E-state index contributed by atoms with van der Waals surface area (Å²) in [5.74, 6) is 3.00. The Kier molecular flexibility index (Phi) is 4.91. The zero-order valence-electron chi connectivity index (χ0n) is 18.4. The molecule has 2 heteroatoms. The van der Waals surface area contributed by atoms with Crippen LogP contribution in [0.4, 0.5) is 0 Å². The molecule has 1 aromatic rings. The van der Waals surface area contributed by atoms with E-state index in [-0.39, 0.29) is 11.5 Å². The van der Waals surface area contributed by atoms with E-state index in [4.69, 9.17) is 0 Å². The van der Waals surface area contributed by atoms with Crippen molar-refractivity contribution in [3.63, 3.8) is 0 Å². The van der Waals surface area contributed by atoms with Crippen molar-refractivity contribution < 1.29 is 10.2 Å². The molecule has 2 N–H and O–H groups in total. The molecular formula is C27H40O2. The normalized spacial score (nSPS) is 49.2. The molecule has 160 valence electrons. The number of benzene rings is 1. The molecule has 2 nitrogen and oxygen atoms in total. The van der Waals surface area contributed by atoms with Crippen LogP contribution in [0.1, 0.15) is 83.6 Å². The molecule has 0 aromatic heterocycles. The van der Waals surface area contributed by atoms with Gasteiger partial charge in [0.15, 0.2) is 0 Å². The number of aliphatic hydroxyl groups is 2. The average Bonchev–Trinajstić information content (AvgIpc) is 2.99. The van der Waals surface area contributed by atoms with Gasteiger partial charge in [-0.3, -0.25) is 0 Å². The first kappa shape index (κ1) is 20.1. The van der Waals surface area contributed by atoms with Crippen molar-refractivity contribution >= 4 is 0 Å². The molecule has 0 heterocycles. The predicted octanol–water partition coefficient (Wildman–Crippen LogP) is 5.75. The van der Waals surface area contributed by atoms with E-state index in [2.05, 4.69) is 44.2 Å². The summed E-state index contributed by atoms with van der Waals surface area (Å²) in [6.07, 6.45) is 12.4. The molecule has 1 aromatic carbocycles. The van der Waals surface area contributed by atoms with Crippen LogP contribution in [0, 0.1) is 34.5 Å². The fourth-order valence-electron chi connectivity index (χ4n) is 8.75. The van der Waals surface area contributed by atoms with Crippen molar-refractivity contribution in [2.75, 3.05) is 0 Å². The summed E-state index contributed by atoms with van der Waals surface area (Å²) in [5.41, 5.74) is 1.36. The number of aliphatic hydroxyl groups excluding tert-OH is 1. The standard InChI is InChI=1S/C27H40O2/c1-25-14-11-21(28)18-20(25)8-9-22-23(25)12-15-26(2)24(22)13-17-27(26,29)16-10-19-6-4-3-5-7-19/h3-7,20-24,28-29H,8-18H2,1-2H3/t20-,21+,22+,23-,24+,25-,26+,27-/m0/s1. The number of hydrogen-bond acceptors (Lipinski definition) is 2. The van der Waals surface area contributed by atoms with Crippen molar-refractivity contribution in [3.05, 3.63) is 35.9 Å². The molecule has 4 aliphatic rings. The second-order valence-corrected chi connectivity index (χ2v) is 11.6. The Bertz CT molecular complexity index is 731. The van der Waals surface area contributed by atoms with E-state index in [9.17, 15) is 10.2 Å². The van der Waals surface area contributed by atoms with Crippen molar-refractivity contribution in [2.24, 2.45) is 34.5 Å². The molecule has 8 atom stereocenters. The lowest BCUT2D eigenvalue weighted by Gasteiger charge is -2.61. The SMILES string of the molecule is C[C@]12CC[C@@H](O)C[C@@H]1CC[C@H]1[C@H]3CC[C@@](O)(CCc4ccccc4)[C@]3(C)CC[C@@H]12. The molecule has 4 saturated carbocycles. The van der Waals surface area contributed by atoms with Gasteiger partial charge in [-0.15, -0.1) is 0 Å². The Balaban J connectivity index is 1.35. The van der Waals surface area contributed by atoms with Gasteiger partial charge in [0.2, 0.25) is 0 Å². The summed E-state index contributed by atoms with van der Waals surface area (Å²) in [6, 6.07) is 10.7. The van der Waals surface area contributed by atoms with Crippen LogP contribution in [0.5, 0.6) is 0 Å². The van der Waals surface area contributed by atoms with Gasteiger partial charge < -0.3 is 10.2 Å². The fraction of sp³-hybridized carbons (Fsp3) is 0.778. The number of fused-ring (bicyclic) bond motifs is 5. The summed E-state index contributed by atoms with van der Waals surface area (Å²) in [6.45, 7) is 4.99. The average molecular weight is 397 g/mol. The Morgan fingerprint density at radius 1 is 0.897 bits per heavy atom. The van der Waals surface area contributed by atoms with Gasteiger partial charge in [0.25, 0.3) is 0 Å². The van der Waals surface area contributed by atoms with Gasteiger partial charge in [-0.05, 0) is 111 Å². The molecule has 5 rings (SSSR count). The van der Waals surface area contributed by atoms with Crippen LogP contribution in [-0.4, -0.2) is 21.9 Å². The number of aryl methyl sites for hydroxylation is 1. The molecule has 4 aliphatic carbocycles. The van der Waals surface area contributed by atoms with Crippen LogP contribution in [0.25, 0.3) is 0 Å². The molecule has 0 bridgehead atoms. The third-order valence-electron chi connectivity index (χ3n) is 10.6. The maximum atomic E-state index is 11.9. The van der Waals surface area contributed by atoms with Crippen LogP contribution in [0.15, 0.2) is 30.3 Å². The molecule has 29 heavy (non-hydrogen) atoms. The summed E-state index contributed by atoms with van der Waals surface area (Å²) >= 11 is 0. The topological polar surface area (TPSA) is 40.5 Å². The van der Waals surface area contributed by atoms with Gasteiger partial charge in [-0.1, -0.05) is 44.2 Å². The minimum atomic E-state index is -0.501. The van der Waals surface area contributed by atoms with Crippen LogP contribution in [-0.2, 0) is 6.42 Å². The van der Waals surface area contributed by atoms with Crippen molar-refractivity contribution in [1.82, 2.24) is 0 Å². The van der Waals surface area contributed by atoms with Gasteiger partial charge in [0, 0.05) is 0 Å². The highest BCUT2D eigenvalue weighted by Gasteiger charge is 2.64. The Morgan fingerprint density at radius 2 is 1.66 bits per heavy atom. The first-order valence-electron chi connectivity index (χ1n) is 12.3. The third-order valence-corrected chi connectivity index (χ3v) is 10.6. The first-order chi connectivity index (χ1) is 13.9. The van der Waals surface area contributed by atoms with E-state index < -0.39 is 5.60 Å². The predicted molar refractivity (Wildman–Crippen MR) is 117 cm³/mol. The van der Waals surface area contributed by atoms with Gasteiger partial charge in [0.1, 0.15) is 0 Å². The molecule has 0 amide bonds. The maximum Gasteiger partial charge on any atom is 0.0707 e. The van der Waals surface area contributed by atoms with Crippen molar-refractivity contribution in [3.8, 4) is 0 Å². The third kappa shape index (κ3) is 3.04. The summed E-state index contributed by atoms with van der Waals surface area (Å²) in [5, 5.41) is 22.1. The smallest absolute Gasteiger partial charge is 0.0707 e. The lowest BCUT2D eigenvalue weighted by Crippen LogP contribution is -2.56. The van der Waals surface area contributed by atoms with Gasteiger partial charge in [-0.2, -0.15) is 0 Å². The van der Waals surface area contributed by atoms with E-state index in [0.717, 1.165) is 49.9 Å². The molecule has 0 unspecified atom stereocenters. The summed E-state index contributed by atoms with van der Waals surface area (Å²) in [7, 11) is 0. The summed E-state index contributed by atoms with van der Waals surface area (Å²) < 4.78 is 0. The highest BCUT2D eigenvalue weighted by Crippen LogP contribution is 2.68. The second-order valence-electron chi connectivity index (χ2n) is 11.6. The maximum absolute atomic E-state index is 11.9. The van der Waals surface area contributed by atoms with Crippen LogP contribution in [0.3, 0.4) is 0 Å². The highest BCUT2D eigenvalue weighted by molar-refractivity contribution is 5.18.